The summed E-state index contributed by atoms with van der Waals surface area (Å²) in [5, 5.41) is 9.75. The molecule has 6 heteroatoms. The fourth-order valence-electron chi connectivity index (χ4n) is 1.98. The topological polar surface area (TPSA) is 93.0 Å². The van der Waals surface area contributed by atoms with Crippen molar-refractivity contribution < 1.29 is 9.53 Å². The Balaban J connectivity index is 2.09. The van der Waals surface area contributed by atoms with Crippen LogP contribution in [0.25, 0.3) is 0 Å². The summed E-state index contributed by atoms with van der Waals surface area (Å²) in [6.07, 6.45) is 2.23. The lowest BCUT2D eigenvalue weighted by Crippen LogP contribution is -2.47. The van der Waals surface area contributed by atoms with Gasteiger partial charge in [0.25, 0.3) is 5.91 Å². The molecule has 18 heavy (non-hydrogen) atoms. The zero-order valence-corrected chi connectivity index (χ0v) is 11.0. The first-order chi connectivity index (χ1) is 8.44. The molecule has 0 aromatic carbocycles. The summed E-state index contributed by atoms with van der Waals surface area (Å²) in [4.78, 5) is 12.1. The molecule has 0 saturated heterocycles. The molecule has 0 atom stereocenters. The predicted octanol–water partition coefficient (Wildman–Crippen LogP) is 1.02. The Kier molecular flexibility index (Phi) is 3.30. The van der Waals surface area contributed by atoms with E-state index in [0.717, 1.165) is 18.5 Å². The van der Waals surface area contributed by atoms with Gasteiger partial charge in [0, 0.05) is 13.0 Å². The number of amides is 1. The Bertz CT molecular complexity index is 449. The van der Waals surface area contributed by atoms with Crippen molar-refractivity contribution in [3.63, 3.8) is 0 Å². The molecule has 2 rings (SSSR count). The molecule has 1 aliphatic carbocycles. The number of methoxy groups -OCH3 is 1. The van der Waals surface area contributed by atoms with Crippen molar-refractivity contribution in [2.45, 2.75) is 38.1 Å². The first kappa shape index (κ1) is 12.9. The fourth-order valence-corrected chi connectivity index (χ4v) is 1.98. The molecule has 0 spiro atoms. The number of carbonyl (C=O) groups excluding carboxylic acids is 1. The maximum Gasteiger partial charge on any atom is 0.274 e. The Morgan fingerprint density at radius 3 is 2.83 bits per heavy atom. The minimum absolute atomic E-state index is 0.266. The van der Waals surface area contributed by atoms with Gasteiger partial charge in [-0.1, -0.05) is 0 Å². The number of nitrogen functional groups attached to an aromatic ring is 1. The number of aromatic nitrogens is 2. The largest absolute Gasteiger partial charge is 0.395 e. The lowest BCUT2D eigenvalue weighted by molar-refractivity contribution is 0.0816. The van der Waals surface area contributed by atoms with Crippen LogP contribution >= 0.6 is 0 Å². The van der Waals surface area contributed by atoms with Gasteiger partial charge in [-0.05, 0) is 26.7 Å². The van der Waals surface area contributed by atoms with Crippen LogP contribution in [0.4, 0.5) is 5.69 Å². The van der Waals surface area contributed by atoms with E-state index >= 15 is 0 Å². The summed E-state index contributed by atoms with van der Waals surface area (Å²) in [5.41, 5.74) is 7.15. The minimum Gasteiger partial charge on any atom is -0.395 e. The van der Waals surface area contributed by atoms with E-state index in [1.165, 1.54) is 0 Å². The van der Waals surface area contributed by atoms with E-state index in [2.05, 4.69) is 15.5 Å². The maximum atomic E-state index is 12.1. The average molecular weight is 252 g/mol. The number of H-pyrrole nitrogens is 1. The van der Waals surface area contributed by atoms with Crippen LogP contribution in [0.5, 0.6) is 0 Å². The molecule has 6 nitrogen and oxygen atoms in total. The molecule has 0 aliphatic heterocycles. The van der Waals surface area contributed by atoms with Gasteiger partial charge in [0.2, 0.25) is 0 Å². The number of rotatable bonds is 5. The number of nitrogens with zero attached hydrogens (tertiary/aromatic N) is 1. The monoisotopic (exact) mass is 252 g/mol. The van der Waals surface area contributed by atoms with Crippen molar-refractivity contribution in [1.29, 1.82) is 0 Å². The number of carbonyl (C=O) groups is 1. The molecule has 100 valence electrons. The second-order valence-corrected chi connectivity index (χ2v) is 5.44. The van der Waals surface area contributed by atoms with Gasteiger partial charge in [-0.25, -0.2) is 0 Å². The van der Waals surface area contributed by atoms with Crippen LogP contribution in [0, 0.1) is 0 Å². The third-order valence-corrected chi connectivity index (χ3v) is 2.99. The average Bonchev–Trinajstić information content (AvgIpc) is 3.01. The van der Waals surface area contributed by atoms with Gasteiger partial charge < -0.3 is 15.8 Å². The smallest absolute Gasteiger partial charge is 0.274 e. The van der Waals surface area contributed by atoms with E-state index in [1.54, 1.807) is 7.11 Å². The zero-order chi connectivity index (χ0) is 13.3. The lowest BCUT2D eigenvalue weighted by atomic mass is 10.1. The maximum absolute atomic E-state index is 12.1. The number of hydrogen-bond donors (Lipinski definition) is 3. The first-order valence-corrected chi connectivity index (χ1v) is 6.10. The Labute approximate surface area is 106 Å². The third kappa shape index (κ3) is 2.64. The van der Waals surface area contributed by atoms with E-state index in [1.807, 2.05) is 13.8 Å². The van der Waals surface area contributed by atoms with Gasteiger partial charge in [-0.15, -0.1) is 0 Å². The number of aromatic amines is 1. The summed E-state index contributed by atoms with van der Waals surface area (Å²) in [6.45, 7) is 4.21. The van der Waals surface area contributed by atoms with E-state index in [9.17, 15) is 4.79 Å². The highest BCUT2D eigenvalue weighted by Gasteiger charge is 2.31. The van der Waals surface area contributed by atoms with Gasteiger partial charge in [0.05, 0.1) is 23.5 Å². The number of ether oxygens (including phenoxy) is 1. The van der Waals surface area contributed by atoms with Crippen molar-refractivity contribution in [2.24, 2.45) is 0 Å². The summed E-state index contributed by atoms with van der Waals surface area (Å²) in [7, 11) is 1.60. The molecular weight excluding hydrogens is 232 g/mol. The molecule has 4 N–H and O–H groups in total. The highest BCUT2D eigenvalue weighted by molar-refractivity contribution is 5.98. The van der Waals surface area contributed by atoms with Crippen molar-refractivity contribution in [2.75, 3.05) is 19.5 Å². The van der Waals surface area contributed by atoms with Crippen LogP contribution < -0.4 is 11.1 Å². The van der Waals surface area contributed by atoms with Crippen LogP contribution in [0.1, 0.15) is 48.8 Å². The molecule has 0 radical (unpaired) electrons. The van der Waals surface area contributed by atoms with Gasteiger partial charge >= 0.3 is 0 Å². The molecular formula is C12H20N4O2. The molecule has 1 heterocycles. The van der Waals surface area contributed by atoms with E-state index in [0.29, 0.717) is 18.2 Å². The SMILES string of the molecule is COCC(C)(C)NC(=O)c1n[nH]c(C2CC2)c1N. The second kappa shape index (κ2) is 4.61. The fraction of sp³-hybridized carbons (Fsp3) is 0.667. The van der Waals surface area contributed by atoms with Gasteiger partial charge in [0.1, 0.15) is 0 Å². The number of nitrogens with two attached hydrogens (primary N) is 1. The van der Waals surface area contributed by atoms with Crippen LogP contribution in [-0.4, -0.2) is 35.4 Å². The van der Waals surface area contributed by atoms with Gasteiger partial charge in [0.15, 0.2) is 5.69 Å². The molecule has 0 bridgehead atoms. The molecule has 1 amide bonds. The number of nitrogens with one attached hydrogen (secondary N) is 2. The molecule has 1 aromatic heterocycles. The van der Waals surface area contributed by atoms with Crippen molar-refractivity contribution in [1.82, 2.24) is 15.5 Å². The Morgan fingerprint density at radius 2 is 2.28 bits per heavy atom. The summed E-state index contributed by atoms with van der Waals surface area (Å²) >= 11 is 0. The number of anilines is 1. The normalized spacial score (nSPS) is 15.7. The van der Waals surface area contributed by atoms with E-state index in [-0.39, 0.29) is 11.6 Å². The third-order valence-electron chi connectivity index (χ3n) is 2.99. The van der Waals surface area contributed by atoms with Crippen molar-refractivity contribution in [3.8, 4) is 0 Å². The molecule has 0 unspecified atom stereocenters. The van der Waals surface area contributed by atoms with Crippen LogP contribution in [0.3, 0.4) is 0 Å². The van der Waals surface area contributed by atoms with Gasteiger partial charge in [-0.2, -0.15) is 5.10 Å². The Hall–Kier alpha value is -1.56. The standard InChI is InChI=1S/C12H20N4O2/c1-12(2,6-18-3)14-11(17)10-8(13)9(15-16-10)7-4-5-7/h7H,4-6,13H2,1-3H3,(H,14,17)(H,15,16). The highest BCUT2D eigenvalue weighted by atomic mass is 16.5. The van der Waals surface area contributed by atoms with Crippen LogP contribution in [-0.2, 0) is 4.74 Å². The summed E-state index contributed by atoms with van der Waals surface area (Å²) in [6, 6.07) is 0. The summed E-state index contributed by atoms with van der Waals surface area (Å²) < 4.78 is 5.05. The minimum atomic E-state index is -0.447. The molecule has 1 fully saturated rings. The van der Waals surface area contributed by atoms with Crippen LogP contribution in [0.2, 0.25) is 0 Å². The van der Waals surface area contributed by atoms with E-state index < -0.39 is 5.54 Å². The molecule has 1 saturated carbocycles. The number of hydrogen-bond acceptors (Lipinski definition) is 4. The summed E-state index contributed by atoms with van der Waals surface area (Å²) in [5.74, 6) is 0.184. The highest BCUT2D eigenvalue weighted by Crippen LogP contribution is 2.42. The van der Waals surface area contributed by atoms with Crippen molar-refractivity contribution in [3.05, 3.63) is 11.4 Å². The van der Waals surface area contributed by atoms with Gasteiger partial charge in [-0.3, -0.25) is 9.89 Å². The predicted molar refractivity (Wildman–Crippen MR) is 68.4 cm³/mol. The first-order valence-electron chi connectivity index (χ1n) is 6.10. The molecule has 1 aromatic rings. The zero-order valence-electron chi connectivity index (χ0n) is 11.0. The second-order valence-electron chi connectivity index (χ2n) is 5.44. The van der Waals surface area contributed by atoms with Crippen molar-refractivity contribution >= 4 is 11.6 Å². The molecule has 1 aliphatic rings. The van der Waals surface area contributed by atoms with Crippen LogP contribution in [0.15, 0.2) is 0 Å². The Morgan fingerprint density at radius 1 is 1.61 bits per heavy atom. The lowest BCUT2D eigenvalue weighted by Gasteiger charge is -2.24. The van der Waals surface area contributed by atoms with E-state index in [4.69, 9.17) is 10.5 Å². The quantitative estimate of drug-likeness (QED) is 0.729.